The molecule has 0 atom stereocenters. The van der Waals surface area contributed by atoms with E-state index in [0.717, 1.165) is 48.2 Å². The maximum atomic E-state index is 13.4. The molecular weight excluding hydrogens is 328 g/mol. The first-order valence-electron chi connectivity index (χ1n) is 9.13. The molecule has 1 aliphatic rings. The van der Waals surface area contributed by atoms with Gasteiger partial charge in [0.05, 0.1) is 12.8 Å². The van der Waals surface area contributed by atoms with Gasteiger partial charge in [-0.05, 0) is 58.1 Å². The zero-order chi connectivity index (χ0) is 18.1. The van der Waals surface area contributed by atoms with Crippen LogP contribution in [-0.4, -0.2) is 41.9 Å². The summed E-state index contributed by atoms with van der Waals surface area (Å²) in [5.41, 5.74) is 1.66. The van der Waals surface area contributed by atoms with E-state index >= 15 is 0 Å². The number of amides is 1. The predicted octanol–water partition coefficient (Wildman–Crippen LogP) is 4.07. The Morgan fingerprint density at radius 3 is 2.65 bits per heavy atom. The van der Waals surface area contributed by atoms with Crippen molar-refractivity contribution < 1.29 is 13.6 Å². The Balaban J connectivity index is 1.67. The third-order valence-electron chi connectivity index (χ3n) is 5.33. The number of rotatable bonds is 4. The molecule has 1 aromatic carbocycles. The number of carbonyl (C=O) groups is 1. The second-order valence-electron chi connectivity index (χ2n) is 7.10. The number of para-hydroxylation sites is 1. The van der Waals surface area contributed by atoms with Crippen LogP contribution in [0.2, 0.25) is 0 Å². The molecule has 2 aromatic heterocycles. The van der Waals surface area contributed by atoms with E-state index in [4.69, 9.17) is 8.83 Å². The third-order valence-corrected chi connectivity index (χ3v) is 5.33. The van der Waals surface area contributed by atoms with E-state index in [9.17, 15) is 4.79 Å². The van der Waals surface area contributed by atoms with Gasteiger partial charge in [0, 0.05) is 17.0 Å². The minimum Gasteiger partial charge on any atom is -0.467 e. The van der Waals surface area contributed by atoms with Gasteiger partial charge in [0.2, 0.25) is 0 Å². The fourth-order valence-corrected chi connectivity index (χ4v) is 3.75. The van der Waals surface area contributed by atoms with Crippen LogP contribution in [0.3, 0.4) is 0 Å². The number of aryl methyl sites for hydroxylation is 1. The Labute approximate surface area is 153 Å². The zero-order valence-corrected chi connectivity index (χ0v) is 15.3. The molecule has 5 nitrogen and oxygen atoms in total. The lowest BCUT2D eigenvalue weighted by Gasteiger charge is -2.36. The van der Waals surface area contributed by atoms with E-state index in [0.29, 0.717) is 12.3 Å². The van der Waals surface area contributed by atoms with Crippen LogP contribution in [0.25, 0.3) is 11.0 Å². The van der Waals surface area contributed by atoms with Crippen LogP contribution >= 0.6 is 0 Å². The Morgan fingerprint density at radius 2 is 1.96 bits per heavy atom. The van der Waals surface area contributed by atoms with Gasteiger partial charge >= 0.3 is 0 Å². The van der Waals surface area contributed by atoms with Gasteiger partial charge in [0.15, 0.2) is 5.76 Å². The van der Waals surface area contributed by atoms with Gasteiger partial charge in [-0.2, -0.15) is 0 Å². The van der Waals surface area contributed by atoms with Gasteiger partial charge in [-0.25, -0.2) is 0 Å². The number of benzene rings is 1. The molecule has 136 valence electrons. The number of hydrogen-bond acceptors (Lipinski definition) is 4. The highest BCUT2D eigenvalue weighted by molar-refractivity contribution is 5.99. The number of carbonyl (C=O) groups excluding carboxylic acids is 1. The van der Waals surface area contributed by atoms with Crippen LogP contribution in [0, 0.1) is 6.92 Å². The normalized spacial score (nSPS) is 16.2. The van der Waals surface area contributed by atoms with Crippen molar-refractivity contribution >= 4 is 16.9 Å². The Bertz CT molecular complexity index is 889. The Kier molecular flexibility index (Phi) is 4.55. The number of hydrogen-bond donors (Lipinski definition) is 0. The summed E-state index contributed by atoms with van der Waals surface area (Å²) in [7, 11) is 2.12. The second kappa shape index (κ2) is 7.00. The van der Waals surface area contributed by atoms with Gasteiger partial charge in [-0.1, -0.05) is 18.2 Å². The number of nitrogens with zero attached hydrogens (tertiary/aromatic N) is 2. The summed E-state index contributed by atoms with van der Waals surface area (Å²) in [6.07, 6.45) is 3.57. The molecule has 0 unspecified atom stereocenters. The fraction of sp³-hybridized carbons (Fsp3) is 0.381. The van der Waals surface area contributed by atoms with Crippen molar-refractivity contribution in [1.82, 2.24) is 9.80 Å². The van der Waals surface area contributed by atoms with E-state index in [1.807, 2.05) is 48.2 Å². The largest absolute Gasteiger partial charge is 0.467 e. The molecule has 0 spiro atoms. The lowest BCUT2D eigenvalue weighted by atomic mass is 10.0. The molecule has 26 heavy (non-hydrogen) atoms. The molecular formula is C21H24N2O3. The number of likely N-dealkylation sites (tertiary alicyclic amines) is 1. The van der Waals surface area contributed by atoms with Crippen LogP contribution in [-0.2, 0) is 6.54 Å². The monoisotopic (exact) mass is 352 g/mol. The molecule has 0 saturated carbocycles. The lowest BCUT2D eigenvalue weighted by Crippen LogP contribution is -2.46. The summed E-state index contributed by atoms with van der Waals surface area (Å²) in [5.74, 6) is 1.19. The first-order valence-corrected chi connectivity index (χ1v) is 9.13. The minimum absolute atomic E-state index is 0.0512. The molecule has 0 radical (unpaired) electrons. The third kappa shape index (κ3) is 3.15. The summed E-state index contributed by atoms with van der Waals surface area (Å²) in [4.78, 5) is 17.7. The first-order chi connectivity index (χ1) is 12.6. The molecule has 3 heterocycles. The van der Waals surface area contributed by atoms with Gasteiger partial charge < -0.3 is 18.6 Å². The molecule has 1 saturated heterocycles. The number of furan rings is 2. The standard InChI is InChI=1S/C21H24N2O3/c1-15-18-7-3-4-8-19(18)26-20(15)21(24)23(14-17-6-5-13-25-17)16-9-11-22(2)12-10-16/h3-8,13,16H,9-12,14H2,1-2H3. The van der Waals surface area contributed by atoms with Crippen molar-refractivity contribution in [1.29, 1.82) is 0 Å². The highest BCUT2D eigenvalue weighted by Crippen LogP contribution is 2.28. The predicted molar refractivity (Wildman–Crippen MR) is 100 cm³/mol. The lowest BCUT2D eigenvalue weighted by molar-refractivity contribution is 0.0521. The fourth-order valence-electron chi connectivity index (χ4n) is 3.75. The number of fused-ring (bicyclic) bond motifs is 1. The molecule has 4 rings (SSSR count). The van der Waals surface area contributed by atoms with Crippen LogP contribution in [0.5, 0.6) is 0 Å². The Hall–Kier alpha value is -2.53. The van der Waals surface area contributed by atoms with Crippen molar-refractivity contribution in [2.75, 3.05) is 20.1 Å². The molecule has 0 bridgehead atoms. The first kappa shape index (κ1) is 16.9. The quantitative estimate of drug-likeness (QED) is 0.710. The number of piperidine rings is 1. The molecule has 3 aromatic rings. The van der Waals surface area contributed by atoms with E-state index in [1.54, 1.807) is 6.26 Å². The van der Waals surface area contributed by atoms with Gasteiger partial charge in [0.1, 0.15) is 11.3 Å². The summed E-state index contributed by atoms with van der Waals surface area (Å²) >= 11 is 0. The maximum absolute atomic E-state index is 13.4. The van der Waals surface area contributed by atoms with Crippen molar-refractivity contribution in [3.05, 3.63) is 59.7 Å². The summed E-state index contributed by atoms with van der Waals surface area (Å²) in [6, 6.07) is 11.8. The van der Waals surface area contributed by atoms with E-state index < -0.39 is 0 Å². The molecule has 1 amide bonds. The molecule has 0 aliphatic carbocycles. The minimum atomic E-state index is -0.0512. The highest BCUT2D eigenvalue weighted by atomic mass is 16.3. The van der Waals surface area contributed by atoms with E-state index in [2.05, 4.69) is 11.9 Å². The zero-order valence-electron chi connectivity index (χ0n) is 15.3. The average Bonchev–Trinajstić information content (AvgIpc) is 3.28. The molecule has 0 N–H and O–H groups in total. The summed E-state index contributed by atoms with van der Waals surface area (Å²) in [6.45, 7) is 4.41. The molecule has 5 heteroatoms. The van der Waals surface area contributed by atoms with Crippen molar-refractivity contribution in [3.63, 3.8) is 0 Å². The average molecular weight is 352 g/mol. The van der Waals surface area contributed by atoms with Crippen LogP contribution in [0.1, 0.15) is 34.7 Å². The van der Waals surface area contributed by atoms with Crippen molar-refractivity contribution in [2.24, 2.45) is 0 Å². The van der Waals surface area contributed by atoms with Crippen molar-refractivity contribution in [3.8, 4) is 0 Å². The van der Waals surface area contributed by atoms with Gasteiger partial charge in [-0.15, -0.1) is 0 Å². The van der Waals surface area contributed by atoms with Gasteiger partial charge in [0.25, 0.3) is 5.91 Å². The summed E-state index contributed by atoms with van der Waals surface area (Å²) < 4.78 is 11.5. The van der Waals surface area contributed by atoms with E-state index in [1.165, 1.54) is 0 Å². The van der Waals surface area contributed by atoms with Crippen LogP contribution in [0.15, 0.2) is 51.5 Å². The molecule has 1 fully saturated rings. The van der Waals surface area contributed by atoms with Crippen molar-refractivity contribution in [2.45, 2.75) is 32.4 Å². The van der Waals surface area contributed by atoms with Crippen LogP contribution in [0.4, 0.5) is 0 Å². The highest BCUT2D eigenvalue weighted by Gasteiger charge is 2.31. The van der Waals surface area contributed by atoms with E-state index in [-0.39, 0.29) is 11.9 Å². The van der Waals surface area contributed by atoms with Crippen LogP contribution < -0.4 is 0 Å². The SMILES string of the molecule is Cc1c(C(=O)N(Cc2ccco2)C2CCN(C)CC2)oc2ccccc12. The topological polar surface area (TPSA) is 49.8 Å². The maximum Gasteiger partial charge on any atom is 0.290 e. The Morgan fingerprint density at radius 1 is 1.19 bits per heavy atom. The second-order valence-corrected chi connectivity index (χ2v) is 7.10. The van der Waals surface area contributed by atoms with Gasteiger partial charge in [-0.3, -0.25) is 4.79 Å². The smallest absolute Gasteiger partial charge is 0.290 e. The summed E-state index contributed by atoms with van der Waals surface area (Å²) in [5, 5.41) is 0.997. The molecule has 1 aliphatic heterocycles.